The van der Waals surface area contributed by atoms with Gasteiger partial charge in [0.15, 0.2) is 0 Å². The Morgan fingerprint density at radius 1 is 1.20 bits per heavy atom. The van der Waals surface area contributed by atoms with E-state index in [0.717, 1.165) is 25.3 Å². The van der Waals surface area contributed by atoms with Gasteiger partial charge in [-0.25, -0.2) is 0 Å². The smallest absolute Gasteiger partial charge is 0.119 e. The second-order valence-electron chi connectivity index (χ2n) is 4.73. The molecule has 20 heavy (non-hydrogen) atoms. The van der Waals surface area contributed by atoms with Crippen LogP contribution in [0.3, 0.4) is 0 Å². The Labute approximate surface area is 133 Å². The van der Waals surface area contributed by atoms with Crippen LogP contribution in [0.2, 0.25) is 0 Å². The van der Waals surface area contributed by atoms with E-state index < -0.39 is 0 Å². The highest BCUT2D eigenvalue weighted by Crippen LogP contribution is 2.23. The van der Waals surface area contributed by atoms with Crippen LogP contribution >= 0.6 is 27.3 Å². The van der Waals surface area contributed by atoms with Crippen molar-refractivity contribution in [2.24, 2.45) is 0 Å². The molecule has 4 heteroatoms. The fourth-order valence-corrected chi connectivity index (χ4v) is 3.32. The van der Waals surface area contributed by atoms with Gasteiger partial charge in [0.1, 0.15) is 5.75 Å². The Morgan fingerprint density at radius 2 is 1.95 bits per heavy atom. The van der Waals surface area contributed by atoms with E-state index in [1.807, 2.05) is 12.1 Å². The molecule has 1 atom stereocenters. The summed E-state index contributed by atoms with van der Waals surface area (Å²) in [4.78, 5) is 1.34. The molecule has 0 amide bonds. The molecule has 108 valence electrons. The predicted octanol–water partition coefficient (Wildman–Crippen LogP) is 5.15. The summed E-state index contributed by atoms with van der Waals surface area (Å²) in [7, 11) is 0. The van der Waals surface area contributed by atoms with Crippen molar-refractivity contribution in [1.29, 1.82) is 0 Å². The lowest BCUT2D eigenvalue weighted by molar-refractivity contribution is 0.317. The quantitative estimate of drug-likeness (QED) is 0.742. The van der Waals surface area contributed by atoms with E-state index in [2.05, 4.69) is 59.4 Å². The standard InChI is InChI=1S/C16H20BrNOS/c1-3-10-19-14-6-4-13(5-7-14)12(2)18-11-15-8-9-16(17)20-15/h4-9,12,18H,3,10-11H2,1-2H3. The van der Waals surface area contributed by atoms with E-state index in [9.17, 15) is 0 Å². The van der Waals surface area contributed by atoms with Crippen LogP contribution in [0.15, 0.2) is 40.2 Å². The van der Waals surface area contributed by atoms with Crippen LogP contribution in [-0.4, -0.2) is 6.61 Å². The molecule has 0 spiro atoms. The zero-order valence-electron chi connectivity index (χ0n) is 11.9. The summed E-state index contributed by atoms with van der Waals surface area (Å²) < 4.78 is 6.78. The Balaban J connectivity index is 1.86. The summed E-state index contributed by atoms with van der Waals surface area (Å²) >= 11 is 5.26. The molecule has 1 aromatic carbocycles. The molecule has 0 radical (unpaired) electrons. The number of hydrogen-bond acceptors (Lipinski definition) is 3. The summed E-state index contributed by atoms with van der Waals surface area (Å²) in [5.41, 5.74) is 1.28. The molecule has 0 aliphatic carbocycles. The van der Waals surface area contributed by atoms with E-state index in [1.54, 1.807) is 11.3 Å². The van der Waals surface area contributed by atoms with Gasteiger partial charge < -0.3 is 10.1 Å². The number of thiophene rings is 1. The van der Waals surface area contributed by atoms with Gasteiger partial charge in [0, 0.05) is 17.5 Å². The Bertz CT molecular complexity index is 524. The number of rotatable bonds is 7. The lowest BCUT2D eigenvalue weighted by atomic mass is 10.1. The van der Waals surface area contributed by atoms with E-state index >= 15 is 0 Å². The van der Waals surface area contributed by atoms with Gasteiger partial charge in [0.05, 0.1) is 10.4 Å². The number of halogens is 1. The highest BCUT2D eigenvalue weighted by atomic mass is 79.9. The lowest BCUT2D eigenvalue weighted by Crippen LogP contribution is -2.17. The maximum absolute atomic E-state index is 5.60. The average Bonchev–Trinajstić information content (AvgIpc) is 2.89. The highest BCUT2D eigenvalue weighted by Gasteiger charge is 2.06. The minimum Gasteiger partial charge on any atom is -0.494 e. The second kappa shape index (κ2) is 7.81. The van der Waals surface area contributed by atoms with Crippen LogP contribution in [-0.2, 0) is 6.54 Å². The fraction of sp³-hybridized carbons (Fsp3) is 0.375. The van der Waals surface area contributed by atoms with E-state index in [4.69, 9.17) is 4.74 Å². The molecule has 0 fully saturated rings. The van der Waals surface area contributed by atoms with Crippen LogP contribution in [0.25, 0.3) is 0 Å². The van der Waals surface area contributed by atoms with Crippen molar-refractivity contribution < 1.29 is 4.74 Å². The molecule has 1 N–H and O–H groups in total. The first-order valence-electron chi connectivity index (χ1n) is 6.89. The zero-order valence-corrected chi connectivity index (χ0v) is 14.3. The molecular weight excluding hydrogens is 334 g/mol. The molecule has 1 unspecified atom stereocenters. The lowest BCUT2D eigenvalue weighted by Gasteiger charge is -2.14. The molecule has 1 aromatic heterocycles. The third-order valence-electron chi connectivity index (χ3n) is 3.06. The summed E-state index contributed by atoms with van der Waals surface area (Å²) in [6, 6.07) is 12.9. The van der Waals surface area contributed by atoms with Crippen LogP contribution < -0.4 is 10.1 Å². The van der Waals surface area contributed by atoms with Crippen LogP contribution in [0, 0.1) is 0 Å². The Hall–Kier alpha value is -0.840. The topological polar surface area (TPSA) is 21.3 Å². The monoisotopic (exact) mass is 353 g/mol. The largest absolute Gasteiger partial charge is 0.494 e. The van der Waals surface area contributed by atoms with Crippen molar-refractivity contribution in [3.05, 3.63) is 50.6 Å². The third kappa shape index (κ3) is 4.62. The van der Waals surface area contributed by atoms with Crippen molar-refractivity contribution >= 4 is 27.3 Å². The molecule has 1 heterocycles. The zero-order chi connectivity index (χ0) is 14.4. The van der Waals surface area contributed by atoms with Gasteiger partial charge in [-0.1, -0.05) is 19.1 Å². The molecule has 0 bridgehead atoms. The molecule has 2 aromatic rings. The summed E-state index contributed by atoms with van der Waals surface area (Å²) in [6.45, 7) is 5.97. The summed E-state index contributed by atoms with van der Waals surface area (Å²) in [6.07, 6.45) is 1.04. The van der Waals surface area contributed by atoms with Crippen LogP contribution in [0.4, 0.5) is 0 Å². The average molecular weight is 354 g/mol. The molecule has 2 nitrogen and oxygen atoms in total. The first-order valence-corrected chi connectivity index (χ1v) is 8.50. The van der Waals surface area contributed by atoms with Gasteiger partial charge in [0.2, 0.25) is 0 Å². The normalized spacial score (nSPS) is 12.3. The molecule has 0 aliphatic rings. The number of hydrogen-bond donors (Lipinski definition) is 1. The fourth-order valence-electron chi connectivity index (χ4n) is 1.89. The van der Waals surface area contributed by atoms with Gasteiger partial charge in [-0.2, -0.15) is 0 Å². The highest BCUT2D eigenvalue weighted by molar-refractivity contribution is 9.11. The van der Waals surface area contributed by atoms with Gasteiger partial charge in [-0.3, -0.25) is 0 Å². The molecule has 2 rings (SSSR count). The van der Waals surface area contributed by atoms with E-state index in [0.29, 0.717) is 6.04 Å². The molecular formula is C16H20BrNOS. The Kier molecular flexibility index (Phi) is 6.07. The minimum atomic E-state index is 0.330. The number of ether oxygens (including phenoxy) is 1. The first-order chi connectivity index (χ1) is 9.69. The SMILES string of the molecule is CCCOc1ccc(C(C)NCc2ccc(Br)s2)cc1. The van der Waals surface area contributed by atoms with Crippen LogP contribution in [0.1, 0.15) is 36.8 Å². The minimum absolute atomic E-state index is 0.330. The molecule has 0 saturated carbocycles. The van der Waals surface area contributed by atoms with Crippen molar-refractivity contribution in [1.82, 2.24) is 5.32 Å². The van der Waals surface area contributed by atoms with Crippen molar-refractivity contribution in [3.63, 3.8) is 0 Å². The maximum Gasteiger partial charge on any atom is 0.119 e. The molecule has 0 aliphatic heterocycles. The van der Waals surface area contributed by atoms with Gasteiger partial charge in [0.25, 0.3) is 0 Å². The van der Waals surface area contributed by atoms with Crippen LogP contribution in [0.5, 0.6) is 5.75 Å². The van der Waals surface area contributed by atoms with Gasteiger partial charge >= 0.3 is 0 Å². The maximum atomic E-state index is 5.60. The third-order valence-corrected chi connectivity index (χ3v) is 4.69. The summed E-state index contributed by atoms with van der Waals surface area (Å²) in [5, 5.41) is 3.54. The number of nitrogens with one attached hydrogen (secondary N) is 1. The van der Waals surface area contributed by atoms with Crippen molar-refractivity contribution in [2.75, 3.05) is 6.61 Å². The first kappa shape index (κ1) is 15.5. The van der Waals surface area contributed by atoms with E-state index in [1.165, 1.54) is 14.2 Å². The van der Waals surface area contributed by atoms with Crippen molar-refractivity contribution in [2.45, 2.75) is 32.9 Å². The second-order valence-corrected chi connectivity index (χ2v) is 7.27. The van der Waals surface area contributed by atoms with Gasteiger partial charge in [-0.15, -0.1) is 11.3 Å². The Morgan fingerprint density at radius 3 is 2.55 bits per heavy atom. The van der Waals surface area contributed by atoms with E-state index in [-0.39, 0.29) is 0 Å². The van der Waals surface area contributed by atoms with Gasteiger partial charge in [-0.05, 0) is 59.1 Å². The molecule has 0 saturated heterocycles. The van der Waals surface area contributed by atoms with Crippen molar-refractivity contribution in [3.8, 4) is 5.75 Å². The number of benzene rings is 1. The summed E-state index contributed by atoms with van der Waals surface area (Å²) in [5.74, 6) is 0.949. The predicted molar refractivity (Wildman–Crippen MR) is 89.5 cm³/mol.